The number of carbonyl (C=O) groups excluding carboxylic acids is 2. The maximum atomic E-state index is 12.8. The molecule has 0 aromatic heterocycles. The number of hydrogen-bond donors (Lipinski definition) is 1. The molecule has 3 aromatic rings. The van der Waals surface area contributed by atoms with Gasteiger partial charge in [0.2, 0.25) is 0 Å². The summed E-state index contributed by atoms with van der Waals surface area (Å²) in [6, 6.07) is 22.5. The van der Waals surface area contributed by atoms with Gasteiger partial charge in [-0.25, -0.2) is 4.79 Å². The van der Waals surface area contributed by atoms with Crippen molar-refractivity contribution in [1.29, 1.82) is 0 Å². The average Bonchev–Trinajstić information content (AvgIpc) is 2.78. The summed E-state index contributed by atoms with van der Waals surface area (Å²) in [4.78, 5) is 35.7. The molecule has 7 nitrogen and oxygen atoms in total. The normalized spacial score (nSPS) is 11.6. The van der Waals surface area contributed by atoms with E-state index in [1.54, 1.807) is 0 Å². The molecule has 0 unspecified atom stereocenters. The highest BCUT2D eigenvalue weighted by Crippen LogP contribution is 2.23. The summed E-state index contributed by atoms with van der Waals surface area (Å²) in [6.45, 7) is 3.02. The van der Waals surface area contributed by atoms with Gasteiger partial charge in [-0.15, -0.1) is 0 Å². The number of amides is 1. The van der Waals surface area contributed by atoms with Crippen molar-refractivity contribution >= 4 is 17.6 Å². The molecule has 3 aromatic carbocycles. The molecule has 1 amide bonds. The molecular formula is C24H22N2O5. The van der Waals surface area contributed by atoms with E-state index in [-0.39, 0.29) is 11.3 Å². The molecule has 0 aliphatic rings. The van der Waals surface area contributed by atoms with E-state index in [1.807, 2.05) is 60.7 Å². The van der Waals surface area contributed by atoms with Crippen molar-refractivity contribution in [2.45, 2.75) is 26.0 Å². The minimum absolute atomic E-state index is 0.0871. The first-order valence-corrected chi connectivity index (χ1v) is 9.73. The lowest BCUT2D eigenvalue weighted by atomic mass is 9.98. The molecule has 7 heteroatoms. The number of benzene rings is 3. The lowest BCUT2D eigenvalue weighted by Gasteiger charge is -2.22. The Labute approximate surface area is 179 Å². The van der Waals surface area contributed by atoms with Crippen LogP contribution in [0.4, 0.5) is 5.69 Å². The van der Waals surface area contributed by atoms with E-state index in [4.69, 9.17) is 4.74 Å². The summed E-state index contributed by atoms with van der Waals surface area (Å²) in [5.41, 5.74) is 2.18. The second-order valence-electron chi connectivity index (χ2n) is 7.07. The molecule has 1 atom stereocenters. The Morgan fingerprint density at radius 1 is 0.935 bits per heavy atom. The zero-order valence-corrected chi connectivity index (χ0v) is 17.1. The molecule has 0 spiro atoms. The Hall–Kier alpha value is -4.00. The van der Waals surface area contributed by atoms with Gasteiger partial charge in [0.1, 0.15) is 0 Å². The lowest BCUT2D eigenvalue weighted by molar-refractivity contribution is -0.385. The standard InChI is InChI=1S/C24H22N2O5/c1-16-15-20(13-14-21(16)26(29)30)24(28)31-17(2)23(27)25-22(18-9-5-3-6-10-18)19-11-7-4-8-12-19/h3-15,17,22H,1-2H3,(H,25,27)/t17-/m0/s1. The highest BCUT2D eigenvalue weighted by atomic mass is 16.6. The van der Waals surface area contributed by atoms with Crippen LogP contribution in [0.2, 0.25) is 0 Å². The quantitative estimate of drug-likeness (QED) is 0.349. The zero-order valence-electron chi connectivity index (χ0n) is 17.1. The fourth-order valence-corrected chi connectivity index (χ4v) is 3.18. The van der Waals surface area contributed by atoms with E-state index < -0.39 is 28.9 Å². The Bertz CT molecular complexity index is 1040. The third-order valence-electron chi connectivity index (χ3n) is 4.83. The number of nitrogens with one attached hydrogen (secondary N) is 1. The molecule has 0 fully saturated rings. The summed E-state index contributed by atoms with van der Waals surface area (Å²) in [5, 5.41) is 13.9. The fraction of sp³-hybridized carbons (Fsp3) is 0.167. The van der Waals surface area contributed by atoms with E-state index in [2.05, 4.69) is 5.32 Å². The molecule has 0 saturated carbocycles. The van der Waals surface area contributed by atoms with E-state index >= 15 is 0 Å². The number of rotatable bonds is 7. The number of ether oxygens (including phenoxy) is 1. The highest BCUT2D eigenvalue weighted by Gasteiger charge is 2.24. The minimum Gasteiger partial charge on any atom is -0.449 e. The maximum absolute atomic E-state index is 12.8. The molecule has 0 bridgehead atoms. The number of carbonyl (C=O) groups is 2. The first-order valence-electron chi connectivity index (χ1n) is 9.73. The SMILES string of the molecule is Cc1cc(C(=O)O[C@@H](C)C(=O)NC(c2ccccc2)c2ccccc2)ccc1[N+](=O)[O-]. The van der Waals surface area contributed by atoms with Crippen molar-refractivity contribution in [1.82, 2.24) is 5.32 Å². The summed E-state index contributed by atoms with van der Waals surface area (Å²) in [7, 11) is 0. The van der Waals surface area contributed by atoms with Gasteiger partial charge in [-0.2, -0.15) is 0 Å². The molecule has 158 valence electrons. The second kappa shape index (κ2) is 9.67. The Morgan fingerprint density at radius 3 is 1.97 bits per heavy atom. The first kappa shape index (κ1) is 21.7. The van der Waals surface area contributed by atoms with Gasteiger partial charge in [-0.1, -0.05) is 60.7 Å². The molecule has 3 rings (SSSR count). The van der Waals surface area contributed by atoms with Crippen LogP contribution >= 0.6 is 0 Å². The Balaban J connectivity index is 1.73. The molecule has 1 N–H and O–H groups in total. The number of hydrogen-bond acceptors (Lipinski definition) is 5. The molecule has 0 radical (unpaired) electrons. The largest absolute Gasteiger partial charge is 0.449 e. The van der Waals surface area contributed by atoms with Crippen molar-refractivity contribution in [2.24, 2.45) is 0 Å². The summed E-state index contributed by atoms with van der Waals surface area (Å²) in [5.74, 6) is -1.18. The first-order chi connectivity index (χ1) is 14.9. The third-order valence-corrected chi connectivity index (χ3v) is 4.83. The molecule has 0 saturated heterocycles. The van der Waals surface area contributed by atoms with Crippen molar-refractivity contribution in [3.8, 4) is 0 Å². The van der Waals surface area contributed by atoms with Crippen LogP contribution in [0.3, 0.4) is 0 Å². The average molecular weight is 418 g/mol. The predicted octanol–water partition coefficient (Wildman–Crippen LogP) is 4.35. The van der Waals surface area contributed by atoms with Gasteiger partial charge in [-0.05, 0) is 37.1 Å². The summed E-state index contributed by atoms with van der Waals surface area (Å²) < 4.78 is 5.31. The van der Waals surface area contributed by atoms with Gasteiger partial charge in [0.25, 0.3) is 11.6 Å². The van der Waals surface area contributed by atoms with Gasteiger partial charge < -0.3 is 10.1 Å². The van der Waals surface area contributed by atoms with Crippen LogP contribution in [-0.4, -0.2) is 22.9 Å². The fourth-order valence-electron chi connectivity index (χ4n) is 3.18. The van der Waals surface area contributed by atoms with Crippen LogP contribution < -0.4 is 5.32 Å². The van der Waals surface area contributed by atoms with Crippen LogP contribution in [0.25, 0.3) is 0 Å². The van der Waals surface area contributed by atoms with Gasteiger partial charge in [0, 0.05) is 11.6 Å². The minimum atomic E-state index is -1.06. The number of nitrogens with zero attached hydrogens (tertiary/aromatic N) is 1. The molecule has 0 aliphatic heterocycles. The predicted molar refractivity (Wildman–Crippen MR) is 116 cm³/mol. The zero-order chi connectivity index (χ0) is 22.4. The monoisotopic (exact) mass is 418 g/mol. The topological polar surface area (TPSA) is 98.5 Å². The summed E-state index contributed by atoms with van der Waals surface area (Å²) in [6.07, 6.45) is -1.06. The van der Waals surface area contributed by atoms with Crippen molar-refractivity contribution in [3.63, 3.8) is 0 Å². The van der Waals surface area contributed by atoms with Gasteiger partial charge >= 0.3 is 5.97 Å². The molecular weight excluding hydrogens is 396 g/mol. The summed E-state index contributed by atoms with van der Waals surface area (Å²) >= 11 is 0. The van der Waals surface area contributed by atoms with Crippen LogP contribution in [-0.2, 0) is 9.53 Å². The number of nitro groups is 1. The van der Waals surface area contributed by atoms with E-state index in [0.717, 1.165) is 11.1 Å². The van der Waals surface area contributed by atoms with Crippen LogP contribution in [0, 0.1) is 17.0 Å². The van der Waals surface area contributed by atoms with Crippen LogP contribution in [0.5, 0.6) is 0 Å². The van der Waals surface area contributed by atoms with Crippen molar-refractivity contribution in [2.75, 3.05) is 0 Å². The van der Waals surface area contributed by atoms with Crippen LogP contribution in [0.1, 0.15) is 40.0 Å². The molecule has 0 heterocycles. The van der Waals surface area contributed by atoms with E-state index in [9.17, 15) is 19.7 Å². The number of nitro benzene ring substituents is 1. The van der Waals surface area contributed by atoms with Gasteiger partial charge in [0.05, 0.1) is 16.5 Å². The second-order valence-corrected chi connectivity index (χ2v) is 7.07. The van der Waals surface area contributed by atoms with E-state index in [1.165, 1.54) is 32.0 Å². The lowest BCUT2D eigenvalue weighted by Crippen LogP contribution is -2.38. The van der Waals surface area contributed by atoms with E-state index in [0.29, 0.717) is 5.56 Å². The Morgan fingerprint density at radius 2 is 1.48 bits per heavy atom. The number of esters is 1. The third kappa shape index (κ3) is 5.33. The maximum Gasteiger partial charge on any atom is 0.338 e. The van der Waals surface area contributed by atoms with Gasteiger partial charge in [0.15, 0.2) is 6.10 Å². The van der Waals surface area contributed by atoms with Crippen molar-refractivity contribution < 1.29 is 19.2 Å². The Kier molecular flexibility index (Phi) is 6.77. The number of aryl methyl sites for hydroxylation is 1. The van der Waals surface area contributed by atoms with Crippen LogP contribution in [0.15, 0.2) is 78.9 Å². The molecule has 0 aliphatic carbocycles. The molecule has 31 heavy (non-hydrogen) atoms. The van der Waals surface area contributed by atoms with Gasteiger partial charge in [-0.3, -0.25) is 14.9 Å². The highest BCUT2D eigenvalue weighted by molar-refractivity contribution is 5.92. The van der Waals surface area contributed by atoms with Crippen molar-refractivity contribution in [3.05, 3.63) is 111 Å². The smallest absolute Gasteiger partial charge is 0.338 e.